The molecule has 0 aliphatic heterocycles. The topological polar surface area (TPSA) is 61.4 Å². The van der Waals surface area contributed by atoms with Crippen molar-refractivity contribution in [1.82, 2.24) is 19.2 Å². The van der Waals surface area contributed by atoms with E-state index in [1.807, 2.05) is 35.6 Å². The molecule has 4 aromatic rings. The first-order valence-corrected chi connectivity index (χ1v) is 10.1. The maximum atomic E-state index is 13.0. The predicted octanol–water partition coefficient (Wildman–Crippen LogP) is 3.76. The van der Waals surface area contributed by atoms with Crippen LogP contribution >= 0.6 is 11.8 Å². The third-order valence-corrected chi connectivity index (χ3v) is 5.22. The van der Waals surface area contributed by atoms with Crippen LogP contribution in [0.3, 0.4) is 0 Å². The quantitative estimate of drug-likeness (QED) is 0.350. The number of aryl methyl sites for hydroxylation is 1. The zero-order valence-corrected chi connectivity index (χ0v) is 16.2. The largest absolute Gasteiger partial charge is 0.493 e. The Kier molecular flexibility index (Phi) is 5.29. The average Bonchev–Trinajstić information content (AvgIpc) is 3.14. The van der Waals surface area contributed by atoms with E-state index in [0.717, 1.165) is 11.9 Å². The second-order valence-corrected chi connectivity index (χ2v) is 7.30. The second-order valence-electron chi connectivity index (χ2n) is 6.24. The number of rotatable bonds is 7. The molecule has 0 bridgehead atoms. The van der Waals surface area contributed by atoms with Crippen LogP contribution in [0.5, 0.6) is 5.75 Å². The number of fused-ring (bicyclic) bond motifs is 3. The third kappa shape index (κ3) is 3.47. The van der Waals surface area contributed by atoms with Gasteiger partial charge in [-0.15, -0.1) is 10.2 Å². The molecule has 144 valence electrons. The van der Waals surface area contributed by atoms with Gasteiger partial charge in [0.05, 0.1) is 17.5 Å². The lowest BCUT2D eigenvalue weighted by Crippen LogP contribution is -2.23. The molecule has 2 aromatic carbocycles. The van der Waals surface area contributed by atoms with Gasteiger partial charge in [-0.25, -0.2) is 4.39 Å². The molecule has 0 saturated carbocycles. The van der Waals surface area contributed by atoms with Crippen molar-refractivity contribution >= 4 is 28.4 Å². The molecular formula is C20H19FN4O2S. The first kappa shape index (κ1) is 18.5. The molecule has 0 unspecified atom stereocenters. The molecule has 2 aromatic heterocycles. The number of hydrogen-bond donors (Lipinski definition) is 0. The van der Waals surface area contributed by atoms with Crippen molar-refractivity contribution in [3.63, 3.8) is 0 Å². The molecule has 0 saturated heterocycles. The van der Waals surface area contributed by atoms with E-state index in [1.165, 1.54) is 23.9 Å². The van der Waals surface area contributed by atoms with Crippen LogP contribution in [0.15, 0.2) is 58.5 Å². The van der Waals surface area contributed by atoms with Crippen LogP contribution in [-0.2, 0) is 6.54 Å². The molecule has 0 fully saturated rings. The van der Waals surface area contributed by atoms with Gasteiger partial charge in [-0.05, 0) is 42.8 Å². The highest BCUT2D eigenvalue weighted by atomic mass is 32.2. The third-order valence-electron chi connectivity index (χ3n) is 4.32. The molecule has 0 spiro atoms. The van der Waals surface area contributed by atoms with Gasteiger partial charge in [0.1, 0.15) is 11.6 Å². The van der Waals surface area contributed by atoms with Crippen molar-refractivity contribution in [2.75, 3.05) is 12.4 Å². The van der Waals surface area contributed by atoms with Gasteiger partial charge in [0.25, 0.3) is 5.56 Å². The second kappa shape index (κ2) is 8.02. The maximum absolute atomic E-state index is 13.0. The Balaban J connectivity index is 1.61. The molecule has 2 heterocycles. The first-order valence-electron chi connectivity index (χ1n) is 9.07. The molecule has 8 heteroatoms. The van der Waals surface area contributed by atoms with E-state index in [-0.39, 0.29) is 11.4 Å². The Morgan fingerprint density at radius 2 is 1.89 bits per heavy atom. The summed E-state index contributed by atoms with van der Waals surface area (Å²) in [6.45, 7) is 3.05. The SMILES string of the molecule is CCCn1c(=O)c2ccccc2n2c(SCCOc3ccc(F)cc3)nnc12. The summed E-state index contributed by atoms with van der Waals surface area (Å²) < 4.78 is 22.2. The zero-order valence-electron chi connectivity index (χ0n) is 15.3. The minimum atomic E-state index is -0.290. The summed E-state index contributed by atoms with van der Waals surface area (Å²) >= 11 is 1.50. The van der Waals surface area contributed by atoms with E-state index < -0.39 is 0 Å². The molecule has 0 atom stereocenters. The van der Waals surface area contributed by atoms with Crippen molar-refractivity contribution < 1.29 is 9.13 Å². The van der Waals surface area contributed by atoms with E-state index in [4.69, 9.17) is 4.74 Å². The summed E-state index contributed by atoms with van der Waals surface area (Å²) in [4.78, 5) is 12.8. The van der Waals surface area contributed by atoms with Crippen LogP contribution in [0.1, 0.15) is 13.3 Å². The molecule has 28 heavy (non-hydrogen) atoms. The number of benzene rings is 2. The summed E-state index contributed by atoms with van der Waals surface area (Å²) in [7, 11) is 0. The highest BCUT2D eigenvalue weighted by Gasteiger charge is 2.16. The Bertz CT molecular complexity index is 1170. The fraction of sp³-hybridized carbons (Fsp3) is 0.250. The number of hydrogen-bond acceptors (Lipinski definition) is 5. The standard InChI is InChI=1S/C20H19FN4O2S/c1-2-11-24-18(26)16-5-3-4-6-17(16)25-19(24)22-23-20(25)28-13-12-27-15-9-7-14(21)8-10-15/h3-10H,2,11-13H2,1H3. The first-order chi connectivity index (χ1) is 13.7. The van der Waals surface area contributed by atoms with Gasteiger partial charge < -0.3 is 4.74 Å². The van der Waals surface area contributed by atoms with Crippen LogP contribution in [0, 0.1) is 5.82 Å². The summed E-state index contributed by atoms with van der Waals surface area (Å²) in [5.74, 6) is 1.52. The summed E-state index contributed by atoms with van der Waals surface area (Å²) in [6.07, 6.45) is 0.828. The van der Waals surface area contributed by atoms with Crippen molar-refractivity contribution in [2.24, 2.45) is 0 Å². The van der Waals surface area contributed by atoms with Crippen LogP contribution in [0.2, 0.25) is 0 Å². The lowest BCUT2D eigenvalue weighted by Gasteiger charge is -2.10. The van der Waals surface area contributed by atoms with E-state index in [9.17, 15) is 9.18 Å². The number of halogens is 1. The summed E-state index contributed by atoms with van der Waals surface area (Å²) in [5, 5.41) is 9.92. The molecular weight excluding hydrogens is 379 g/mol. The Morgan fingerprint density at radius 1 is 1.11 bits per heavy atom. The zero-order chi connectivity index (χ0) is 19.5. The average molecular weight is 398 g/mol. The monoisotopic (exact) mass is 398 g/mol. The van der Waals surface area contributed by atoms with Crippen LogP contribution < -0.4 is 10.3 Å². The number of nitrogens with zero attached hydrogens (tertiary/aromatic N) is 4. The van der Waals surface area contributed by atoms with Gasteiger partial charge in [-0.2, -0.15) is 0 Å². The van der Waals surface area contributed by atoms with Gasteiger partial charge in [-0.3, -0.25) is 13.8 Å². The van der Waals surface area contributed by atoms with Gasteiger partial charge in [-0.1, -0.05) is 30.8 Å². The van der Waals surface area contributed by atoms with Gasteiger partial charge in [0, 0.05) is 12.3 Å². The van der Waals surface area contributed by atoms with Gasteiger partial charge >= 0.3 is 0 Å². The smallest absolute Gasteiger partial charge is 0.262 e. The molecule has 0 aliphatic carbocycles. The van der Waals surface area contributed by atoms with E-state index in [0.29, 0.717) is 41.0 Å². The maximum Gasteiger partial charge on any atom is 0.262 e. The minimum Gasteiger partial charge on any atom is -0.493 e. The van der Waals surface area contributed by atoms with Gasteiger partial charge in [0.2, 0.25) is 5.78 Å². The molecule has 0 N–H and O–H groups in total. The number of aromatic nitrogens is 4. The van der Waals surface area contributed by atoms with Crippen molar-refractivity contribution in [3.8, 4) is 5.75 Å². The normalized spacial score (nSPS) is 11.4. The lowest BCUT2D eigenvalue weighted by molar-refractivity contribution is 0.343. The van der Waals surface area contributed by atoms with Crippen molar-refractivity contribution in [3.05, 3.63) is 64.7 Å². The number of thioether (sulfide) groups is 1. The van der Waals surface area contributed by atoms with Crippen molar-refractivity contribution in [2.45, 2.75) is 25.0 Å². The molecule has 0 radical (unpaired) electrons. The summed E-state index contributed by atoms with van der Waals surface area (Å²) in [6, 6.07) is 13.4. The molecule has 6 nitrogen and oxygen atoms in total. The highest BCUT2D eigenvalue weighted by molar-refractivity contribution is 7.99. The van der Waals surface area contributed by atoms with Crippen LogP contribution in [-0.4, -0.2) is 31.5 Å². The Morgan fingerprint density at radius 3 is 2.68 bits per heavy atom. The fourth-order valence-electron chi connectivity index (χ4n) is 3.08. The fourth-order valence-corrected chi connectivity index (χ4v) is 3.83. The Labute approximate surface area is 165 Å². The minimum absolute atomic E-state index is 0.0476. The highest BCUT2D eigenvalue weighted by Crippen LogP contribution is 2.22. The predicted molar refractivity (Wildman–Crippen MR) is 108 cm³/mol. The lowest BCUT2D eigenvalue weighted by atomic mass is 10.2. The van der Waals surface area contributed by atoms with E-state index in [2.05, 4.69) is 10.2 Å². The van der Waals surface area contributed by atoms with Crippen LogP contribution in [0.25, 0.3) is 16.7 Å². The Hall–Kier alpha value is -2.87. The van der Waals surface area contributed by atoms with E-state index >= 15 is 0 Å². The molecule has 0 amide bonds. The number of para-hydroxylation sites is 1. The molecule has 0 aliphatic rings. The van der Waals surface area contributed by atoms with Gasteiger partial charge in [0.15, 0.2) is 5.16 Å². The van der Waals surface area contributed by atoms with Crippen LogP contribution in [0.4, 0.5) is 4.39 Å². The summed E-state index contributed by atoms with van der Waals surface area (Å²) in [5.41, 5.74) is 0.746. The van der Waals surface area contributed by atoms with E-state index in [1.54, 1.807) is 16.7 Å². The molecule has 4 rings (SSSR count). The van der Waals surface area contributed by atoms with Crippen molar-refractivity contribution in [1.29, 1.82) is 0 Å². The number of ether oxygens (including phenoxy) is 1.